The van der Waals surface area contributed by atoms with Gasteiger partial charge < -0.3 is 14.8 Å². The summed E-state index contributed by atoms with van der Waals surface area (Å²) >= 11 is 0. The monoisotopic (exact) mass is 235 g/mol. The van der Waals surface area contributed by atoms with Gasteiger partial charge in [-0.05, 0) is 31.2 Å². The highest BCUT2D eigenvalue weighted by Gasteiger charge is 2.03. The Hall–Kier alpha value is -1.48. The van der Waals surface area contributed by atoms with Crippen molar-refractivity contribution in [2.45, 2.75) is 13.8 Å². The summed E-state index contributed by atoms with van der Waals surface area (Å²) < 4.78 is 11.2. The number of hydrogen-bond donors (Lipinski definition) is 1. The smallest absolute Gasteiger partial charge is 0.161 e. The lowest BCUT2D eigenvalue weighted by molar-refractivity contribution is 0.292. The second-order valence-corrected chi connectivity index (χ2v) is 3.70. The molecule has 0 aromatic heterocycles. The molecule has 1 rings (SSSR count). The van der Waals surface area contributed by atoms with Gasteiger partial charge in [0.05, 0.1) is 6.61 Å². The molecule has 3 nitrogen and oxygen atoms in total. The Bertz CT molecular complexity index is 350. The highest BCUT2D eigenvalue weighted by molar-refractivity contribution is 5.39. The second kappa shape index (κ2) is 7.74. The molecule has 0 saturated carbocycles. The number of benzene rings is 1. The first-order chi connectivity index (χ1) is 8.27. The van der Waals surface area contributed by atoms with E-state index in [9.17, 15) is 0 Å². The molecule has 0 amide bonds. The van der Waals surface area contributed by atoms with Crippen molar-refractivity contribution in [2.24, 2.45) is 0 Å². The van der Waals surface area contributed by atoms with Crippen LogP contribution in [0.15, 0.2) is 36.4 Å². The quantitative estimate of drug-likeness (QED) is 0.703. The van der Waals surface area contributed by atoms with Crippen LogP contribution in [0.1, 0.15) is 13.8 Å². The predicted molar refractivity (Wildman–Crippen MR) is 70.8 cm³/mol. The molecule has 17 heavy (non-hydrogen) atoms. The van der Waals surface area contributed by atoms with Crippen LogP contribution < -0.4 is 14.8 Å². The van der Waals surface area contributed by atoms with E-state index >= 15 is 0 Å². The first-order valence-electron chi connectivity index (χ1n) is 5.99. The Morgan fingerprint density at radius 3 is 2.41 bits per heavy atom. The molecule has 0 fully saturated rings. The molecule has 0 atom stereocenters. The SMILES string of the molecule is C=C(CNCC)COc1ccccc1OCC. The van der Waals surface area contributed by atoms with Gasteiger partial charge in [0.1, 0.15) is 6.61 Å². The van der Waals surface area contributed by atoms with Crippen molar-refractivity contribution in [3.8, 4) is 11.5 Å². The van der Waals surface area contributed by atoms with Crippen molar-refractivity contribution in [1.29, 1.82) is 0 Å². The fourth-order valence-electron chi connectivity index (χ4n) is 1.38. The molecular weight excluding hydrogens is 214 g/mol. The van der Waals surface area contributed by atoms with Crippen molar-refractivity contribution in [2.75, 3.05) is 26.3 Å². The van der Waals surface area contributed by atoms with Crippen LogP contribution in [0.4, 0.5) is 0 Å². The highest BCUT2D eigenvalue weighted by Crippen LogP contribution is 2.26. The number of ether oxygens (including phenoxy) is 2. The summed E-state index contributed by atoms with van der Waals surface area (Å²) in [6.45, 7) is 10.9. The maximum Gasteiger partial charge on any atom is 0.161 e. The molecule has 0 spiro atoms. The molecule has 1 aromatic carbocycles. The molecule has 1 aromatic rings. The van der Waals surface area contributed by atoms with Gasteiger partial charge in [-0.3, -0.25) is 0 Å². The molecule has 0 aliphatic heterocycles. The van der Waals surface area contributed by atoms with Gasteiger partial charge in [-0.2, -0.15) is 0 Å². The third kappa shape index (κ3) is 4.91. The maximum atomic E-state index is 5.68. The van der Waals surface area contributed by atoms with Crippen LogP contribution in [0.5, 0.6) is 11.5 Å². The average molecular weight is 235 g/mol. The van der Waals surface area contributed by atoms with Crippen molar-refractivity contribution in [3.63, 3.8) is 0 Å². The van der Waals surface area contributed by atoms with Crippen LogP contribution in [0.25, 0.3) is 0 Å². The van der Waals surface area contributed by atoms with Gasteiger partial charge in [0.25, 0.3) is 0 Å². The molecule has 0 unspecified atom stereocenters. The number of nitrogens with one attached hydrogen (secondary N) is 1. The minimum atomic E-state index is 0.511. The first-order valence-corrected chi connectivity index (χ1v) is 5.99. The van der Waals surface area contributed by atoms with E-state index in [1.54, 1.807) is 0 Å². The van der Waals surface area contributed by atoms with Crippen LogP contribution in [0, 0.1) is 0 Å². The molecule has 0 bridgehead atoms. The molecule has 3 heteroatoms. The van der Waals surface area contributed by atoms with Crippen LogP contribution in [0.2, 0.25) is 0 Å². The molecule has 0 radical (unpaired) electrons. The summed E-state index contributed by atoms with van der Waals surface area (Å²) in [7, 11) is 0. The summed E-state index contributed by atoms with van der Waals surface area (Å²) in [4.78, 5) is 0. The molecule has 0 aliphatic carbocycles. The zero-order chi connectivity index (χ0) is 12.5. The van der Waals surface area contributed by atoms with Crippen molar-refractivity contribution in [3.05, 3.63) is 36.4 Å². The van der Waals surface area contributed by atoms with E-state index in [1.807, 2.05) is 31.2 Å². The van der Waals surface area contributed by atoms with E-state index < -0.39 is 0 Å². The van der Waals surface area contributed by atoms with Gasteiger partial charge >= 0.3 is 0 Å². The topological polar surface area (TPSA) is 30.5 Å². The van der Waals surface area contributed by atoms with E-state index in [0.29, 0.717) is 13.2 Å². The fraction of sp³-hybridized carbons (Fsp3) is 0.429. The standard InChI is InChI=1S/C14H21NO2/c1-4-15-10-12(3)11-17-14-9-7-6-8-13(14)16-5-2/h6-9,15H,3-5,10-11H2,1-2H3. The summed E-state index contributed by atoms with van der Waals surface area (Å²) in [5, 5.41) is 3.21. The average Bonchev–Trinajstić information content (AvgIpc) is 2.35. The van der Waals surface area contributed by atoms with Gasteiger partial charge in [-0.15, -0.1) is 0 Å². The molecule has 1 N–H and O–H groups in total. The van der Waals surface area contributed by atoms with Gasteiger partial charge in [0.2, 0.25) is 0 Å². The van der Waals surface area contributed by atoms with Gasteiger partial charge in [0.15, 0.2) is 11.5 Å². The molecule has 0 saturated heterocycles. The zero-order valence-corrected chi connectivity index (χ0v) is 10.7. The van der Waals surface area contributed by atoms with Crippen LogP contribution in [-0.2, 0) is 0 Å². The lowest BCUT2D eigenvalue weighted by atomic mass is 10.3. The Kier molecular flexibility index (Phi) is 6.18. The van der Waals surface area contributed by atoms with E-state index in [2.05, 4.69) is 18.8 Å². The lowest BCUT2D eigenvalue weighted by Crippen LogP contribution is -2.18. The molecular formula is C14H21NO2. The van der Waals surface area contributed by atoms with Crippen molar-refractivity contribution >= 4 is 0 Å². The van der Waals surface area contributed by atoms with Gasteiger partial charge in [-0.1, -0.05) is 25.6 Å². The van der Waals surface area contributed by atoms with Crippen molar-refractivity contribution < 1.29 is 9.47 Å². The number of hydrogen-bond acceptors (Lipinski definition) is 3. The van der Waals surface area contributed by atoms with Crippen LogP contribution >= 0.6 is 0 Å². The predicted octanol–water partition coefficient (Wildman–Crippen LogP) is 2.63. The Morgan fingerprint density at radius 1 is 1.18 bits per heavy atom. The first kappa shape index (κ1) is 13.6. The maximum absolute atomic E-state index is 5.68. The van der Waals surface area contributed by atoms with Crippen LogP contribution in [0.3, 0.4) is 0 Å². The molecule has 0 heterocycles. The Morgan fingerprint density at radius 2 is 1.82 bits per heavy atom. The highest BCUT2D eigenvalue weighted by atomic mass is 16.5. The third-order valence-corrected chi connectivity index (χ3v) is 2.21. The molecule has 0 aliphatic rings. The second-order valence-electron chi connectivity index (χ2n) is 3.70. The van der Waals surface area contributed by atoms with E-state index in [0.717, 1.165) is 30.2 Å². The van der Waals surface area contributed by atoms with Gasteiger partial charge in [-0.25, -0.2) is 0 Å². The van der Waals surface area contributed by atoms with E-state index in [1.165, 1.54) is 0 Å². The number of para-hydroxylation sites is 2. The summed E-state index contributed by atoms with van der Waals surface area (Å²) in [6, 6.07) is 7.69. The minimum Gasteiger partial charge on any atom is -0.490 e. The Balaban J connectivity index is 2.47. The fourth-order valence-corrected chi connectivity index (χ4v) is 1.38. The molecule has 94 valence electrons. The van der Waals surface area contributed by atoms with E-state index in [-0.39, 0.29) is 0 Å². The van der Waals surface area contributed by atoms with E-state index in [4.69, 9.17) is 9.47 Å². The largest absolute Gasteiger partial charge is 0.490 e. The minimum absolute atomic E-state index is 0.511. The van der Waals surface area contributed by atoms with Gasteiger partial charge in [0, 0.05) is 6.54 Å². The summed E-state index contributed by atoms with van der Waals surface area (Å²) in [5.74, 6) is 1.55. The number of rotatable bonds is 8. The van der Waals surface area contributed by atoms with Crippen molar-refractivity contribution in [1.82, 2.24) is 5.32 Å². The third-order valence-electron chi connectivity index (χ3n) is 2.21. The number of likely N-dealkylation sites (N-methyl/N-ethyl adjacent to an activating group) is 1. The lowest BCUT2D eigenvalue weighted by Gasteiger charge is -2.12. The summed E-state index contributed by atoms with van der Waals surface area (Å²) in [5.41, 5.74) is 1.03. The Labute approximate surface area is 103 Å². The van der Waals surface area contributed by atoms with Crippen LogP contribution in [-0.4, -0.2) is 26.3 Å². The zero-order valence-electron chi connectivity index (χ0n) is 10.7. The normalized spacial score (nSPS) is 10.0. The summed E-state index contributed by atoms with van der Waals surface area (Å²) in [6.07, 6.45) is 0.